The zero-order valence-electron chi connectivity index (χ0n) is 15.5. The third-order valence-corrected chi connectivity index (χ3v) is 5.33. The summed E-state index contributed by atoms with van der Waals surface area (Å²) >= 11 is 6.17. The molecule has 3 aromatic rings. The summed E-state index contributed by atoms with van der Waals surface area (Å²) in [5, 5.41) is 3.69. The van der Waals surface area contributed by atoms with Crippen molar-refractivity contribution in [1.29, 1.82) is 0 Å². The highest BCUT2D eigenvalue weighted by molar-refractivity contribution is 6.31. The van der Waals surface area contributed by atoms with E-state index in [1.54, 1.807) is 18.2 Å². The van der Waals surface area contributed by atoms with Crippen LogP contribution in [0.2, 0.25) is 5.02 Å². The van der Waals surface area contributed by atoms with Crippen molar-refractivity contribution < 1.29 is 9.53 Å². The lowest BCUT2D eigenvalue weighted by molar-refractivity contribution is 0.0928. The van der Waals surface area contributed by atoms with Gasteiger partial charge in [0.1, 0.15) is 12.4 Å². The lowest BCUT2D eigenvalue weighted by Gasteiger charge is -2.26. The smallest absolute Gasteiger partial charge is 0.255 e. The molecule has 1 aliphatic rings. The SMILES string of the molecule is O=C(NC1CCCc2ccccc21)c1cc(Cl)ccc1OCc1ccccc1. The van der Waals surface area contributed by atoms with Crippen molar-refractivity contribution in [3.63, 3.8) is 0 Å². The van der Waals surface area contributed by atoms with Crippen LogP contribution in [0.15, 0.2) is 72.8 Å². The predicted molar refractivity (Wildman–Crippen MR) is 112 cm³/mol. The molecule has 1 N–H and O–H groups in total. The van der Waals surface area contributed by atoms with Gasteiger partial charge < -0.3 is 10.1 Å². The van der Waals surface area contributed by atoms with Gasteiger partial charge in [0.25, 0.3) is 5.91 Å². The van der Waals surface area contributed by atoms with Crippen LogP contribution in [-0.4, -0.2) is 5.91 Å². The molecule has 0 saturated heterocycles. The third-order valence-electron chi connectivity index (χ3n) is 5.10. The maximum Gasteiger partial charge on any atom is 0.255 e. The number of carbonyl (C=O) groups excluding carboxylic acids is 1. The quantitative estimate of drug-likeness (QED) is 0.603. The Balaban J connectivity index is 1.53. The Kier molecular flexibility index (Phi) is 5.63. The molecule has 3 aromatic carbocycles. The van der Waals surface area contributed by atoms with Gasteiger partial charge in [-0.3, -0.25) is 4.79 Å². The van der Waals surface area contributed by atoms with Crippen LogP contribution < -0.4 is 10.1 Å². The van der Waals surface area contributed by atoms with E-state index in [-0.39, 0.29) is 11.9 Å². The Morgan fingerprint density at radius 1 is 1.04 bits per heavy atom. The molecule has 0 saturated carbocycles. The fraction of sp³-hybridized carbons (Fsp3) is 0.208. The fourth-order valence-electron chi connectivity index (χ4n) is 3.68. The van der Waals surface area contributed by atoms with E-state index in [1.165, 1.54) is 11.1 Å². The molecule has 142 valence electrons. The average Bonchev–Trinajstić information content (AvgIpc) is 2.74. The Bertz CT molecular complexity index is 971. The molecule has 0 fully saturated rings. The van der Waals surface area contributed by atoms with Crippen LogP contribution in [0, 0.1) is 0 Å². The van der Waals surface area contributed by atoms with Crippen molar-refractivity contribution in [3.05, 3.63) is 100 Å². The minimum absolute atomic E-state index is 0.0124. The van der Waals surface area contributed by atoms with E-state index in [0.29, 0.717) is 22.9 Å². The van der Waals surface area contributed by atoms with Crippen molar-refractivity contribution in [3.8, 4) is 5.75 Å². The van der Waals surface area contributed by atoms with Crippen molar-refractivity contribution in [1.82, 2.24) is 5.32 Å². The lowest BCUT2D eigenvalue weighted by Crippen LogP contribution is -2.31. The summed E-state index contributed by atoms with van der Waals surface area (Å²) in [5.41, 5.74) is 4.03. The zero-order valence-corrected chi connectivity index (χ0v) is 16.3. The highest BCUT2D eigenvalue weighted by Gasteiger charge is 2.23. The van der Waals surface area contributed by atoms with Gasteiger partial charge in [0.2, 0.25) is 0 Å². The van der Waals surface area contributed by atoms with Gasteiger partial charge in [-0.15, -0.1) is 0 Å². The Hall–Kier alpha value is -2.78. The number of rotatable bonds is 5. The molecule has 0 spiro atoms. The molecular weight excluding hydrogens is 370 g/mol. The molecule has 0 heterocycles. The lowest BCUT2D eigenvalue weighted by atomic mass is 9.87. The first-order valence-electron chi connectivity index (χ1n) is 9.55. The molecule has 1 atom stereocenters. The molecule has 1 unspecified atom stereocenters. The zero-order chi connectivity index (χ0) is 19.3. The number of hydrogen-bond donors (Lipinski definition) is 1. The fourth-order valence-corrected chi connectivity index (χ4v) is 3.85. The second-order valence-electron chi connectivity index (χ2n) is 7.03. The van der Waals surface area contributed by atoms with E-state index >= 15 is 0 Å². The number of aryl methyl sites for hydroxylation is 1. The van der Waals surface area contributed by atoms with E-state index in [9.17, 15) is 4.79 Å². The monoisotopic (exact) mass is 391 g/mol. The normalized spacial score (nSPS) is 15.5. The number of ether oxygens (including phenoxy) is 1. The first-order chi connectivity index (χ1) is 13.7. The number of nitrogens with one attached hydrogen (secondary N) is 1. The van der Waals surface area contributed by atoms with E-state index in [4.69, 9.17) is 16.3 Å². The van der Waals surface area contributed by atoms with Crippen LogP contribution >= 0.6 is 11.6 Å². The van der Waals surface area contributed by atoms with Crippen LogP contribution in [0.3, 0.4) is 0 Å². The van der Waals surface area contributed by atoms with Gasteiger partial charge >= 0.3 is 0 Å². The van der Waals surface area contributed by atoms with Crippen molar-refractivity contribution in [2.45, 2.75) is 31.9 Å². The summed E-state index contributed by atoms with van der Waals surface area (Å²) in [7, 11) is 0. The number of halogens is 1. The summed E-state index contributed by atoms with van der Waals surface area (Å²) in [6.07, 6.45) is 3.06. The standard InChI is InChI=1S/C24H22ClNO2/c25-19-13-14-23(28-16-17-7-2-1-3-8-17)21(15-19)24(27)26-22-12-6-10-18-9-4-5-11-20(18)22/h1-5,7-9,11,13-15,22H,6,10,12,16H2,(H,26,27). The summed E-state index contributed by atoms with van der Waals surface area (Å²) in [6.45, 7) is 0.398. The molecule has 0 aromatic heterocycles. The average molecular weight is 392 g/mol. The molecule has 3 nitrogen and oxygen atoms in total. The topological polar surface area (TPSA) is 38.3 Å². The Morgan fingerprint density at radius 3 is 2.68 bits per heavy atom. The van der Waals surface area contributed by atoms with Gasteiger partial charge in [0, 0.05) is 5.02 Å². The summed E-state index contributed by atoms with van der Waals surface area (Å²) < 4.78 is 5.94. The first-order valence-corrected chi connectivity index (χ1v) is 9.93. The van der Waals surface area contributed by atoms with Crippen LogP contribution in [0.1, 0.15) is 45.9 Å². The van der Waals surface area contributed by atoms with Gasteiger partial charge in [0.15, 0.2) is 0 Å². The number of benzene rings is 3. The molecule has 0 bridgehead atoms. The number of carbonyl (C=O) groups is 1. The molecule has 1 aliphatic carbocycles. The van der Waals surface area contributed by atoms with Crippen molar-refractivity contribution in [2.75, 3.05) is 0 Å². The molecule has 0 radical (unpaired) electrons. The van der Waals surface area contributed by atoms with Gasteiger partial charge in [-0.2, -0.15) is 0 Å². The molecule has 4 heteroatoms. The predicted octanol–water partition coefficient (Wildman–Crippen LogP) is 5.73. The minimum Gasteiger partial charge on any atom is -0.488 e. The maximum atomic E-state index is 13.1. The highest BCUT2D eigenvalue weighted by atomic mass is 35.5. The second kappa shape index (κ2) is 8.49. The van der Waals surface area contributed by atoms with Gasteiger partial charge in [-0.05, 0) is 54.2 Å². The number of fused-ring (bicyclic) bond motifs is 1. The van der Waals surface area contributed by atoms with Crippen LogP contribution in [0.5, 0.6) is 5.75 Å². The molecule has 1 amide bonds. The third kappa shape index (κ3) is 4.20. The van der Waals surface area contributed by atoms with Crippen LogP contribution in [0.4, 0.5) is 0 Å². The summed E-state index contributed by atoms with van der Waals surface area (Å²) in [6, 6.07) is 23.4. The second-order valence-corrected chi connectivity index (χ2v) is 7.47. The van der Waals surface area contributed by atoms with Crippen molar-refractivity contribution in [2.24, 2.45) is 0 Å². The van der Waals surface area contributed by atoms with E-state index in [1.807, 2.05) is 36.4 Å². The Morgan fingerprint density at radius 2 is 1.82 bits per heavy atom. The highest BCUT2D eigenvalue weighted by Crippen LogP contribution is 2.31. The summed E-state index contributed by atoms with van der Waals surface area (Å²) in [5.74, 6) is 0.377. The van der Waals surface area contributed by atoms with Gasteiger partial charge in [0.05, 0.1) is 11.6 Å². The molecular formula is C24H22ClNO2. The summed E-state index contributed by atoms with van der Waals surface area (Å²) in [4.78, 5) is 13.1. The van der Waals surface area contributed by atoms with Gasteiger partial charge in [-0.25, -0.2) is 0 Å². The molecule has 0 aliphatic heterocycles. The maximum absolute atomic E-state index is 13.1. The van der Waals surface area contributed by atoms with Gasteiger partial charge in [-0.1, -0.05) is 66.2 Å². The molecule has 4 rings (SSSR count). The first kappa shape index (κ1) is 18.6. The van der Waals surface area contributed by atoms with Crippen LogP contribution in [0.25, 0.3) is 0 Å². The van der Waals surface area contributed by atoms with E-state index < -0.39 is 0 Å². The molecule has 28 heavy (non-hydrogen) atoms. The van der Waals surface area contributed by atoms with E-state index in [0.717, 1.165) is 24.8 Å². The number of hydrogen-bond acceptors (Lipinski definition) is 2. The van der Waals surface area contributed by atoms with E-state index in [2.05, 4.69) is 23.5 Å². The van der Waals surface area contributed by atoms with Crippen molar-refractivity contribution >= 4 is 17.5 Å². The largest absolute Gasteiger partial charge is 0.488 e. The minimum atomic E-state index is -0.160. The Labute approximate surface area is 170 Å². The van der Waals surface area contributed by atoms with Crippen LogP contribution in [-0.2, 0) is 13.0 Å². The number of amides is 1.